The molecule has 0 spiro atoms. The smallest absolute Gasteiger partial charge is 0.264 e. The third kappa shape index (κ3) is 4.25. The van der Waals surface area contributed by atoms with E-state index < -0.39 is 0 Å². The first-order chi connectivity index (χ1) is 16.5. The van der Waals surface area contributed by atoms with Crippen molar-refractivity contribution >= 4 is 28.3 Å². The van der Waals surface area contributed by atoms with Gasteiger partial charge in [0.2, 0.25) is 0 Å². The molecule has 0 unspecified atom stereocenters. The lowest BCUT2D eigenvalue weighted by molar-refractivity contribution is 0.0955. The van der Waals surface area contributed by atoms with E-state index in [1.165, 1.54) is 40.6 Å². The second-order valence-corrected chi connectivity index (χ2v) is 8.65. The summed E-state index contributed by atoms with van der Waals surface area (Å²) in [5.41, 5.74) is 1.49. The second-order valence-electron chi connectivity index (χ2n) is 7.67. The van der Waals surface area contributed by atoms with Gasteiger partial charge in [0.1, 0.15) is 22.4 Å². The highest BCUT2D eigenvalue weighted by Gasteiger charge is 2.16. The van der Waals surface area contributed by atoms with Gasteiger partial charge in [0.25, 0.3) is 11.5 Å². The molecule has 1 N–H and O–H groups in total. The molecule has 172 valence electrons. The largest absolute Gasteiger partial charge is 0.349 e. The van der Waals surface area contributed by atoms with Crippen LogP contribution < -0.4 is 10.9 Å². The van der Waals surface area contributed by atoms with Crippen molar-refractivity contribution in [1.82, 2.24) is 34.2 Å². The predicted molar refractivity (Wildman–Crippen MR) is 126 cm³/mol. The van der Waals surface area contributed by atoms with Crippen LogP contribution in [-0.2, 0) is 13.1 Å². The van der Waals surface area contributed by atoms with Gasteiger partial charge in [0.05, 0.1) is 25.0 Å². The van der Waals surface area contributed by atoms with E-state index in [0.29, 0.717) is 40.3 Å². The molecule has 9 nitrogen and oxygen atoms in total. The van der Waals surface area contributed by atoms with Gasteiger partial charge in [-0.25, -0.2) is 19.0 Å². The minimum absolute atomic E-state index is 0.208. The Hall–Kier alpha value is -4.12. The Bertz CT molecular complexity index is 1530. The molecule has 0 saturated carbocycles. The molecule has 4 heterocycles. The maximum absolute atomic E-state index is 13.4. The van der Waals surface area contributed by atoms with Crippen molar-refractivity contribution in [2.24, 2.45) is 0 Å². The molecule has 5 rings (SSSR count). The molecule has 0 aliphatic carbocycles. The molecule has 0 saturated heterocycles. The number of aromatic nitrogens is 6. The first-order valence-electron chi connectivity index (χ1n) is 10.5. The van der Waals surface area contributed by atoms with Gasteiger partial charge < -0.3 is 9.88 Å². The number of nitrogens with one attached hydrogen (secondary N) is 1. The van der Waals surface area contributed by atoms with E-state index in [1.54, 1.807) is 23.7 Å². The number of rotatable bonds is 7. The van der Waals surface area contributed by atoms with Gasteiger partial charge >= 0.3 is 0 Å². The average Bonchev–Trinajstić information content (AvgIpc) is 3.56. The van der Waals surface area contributed by atoms with Gasteiger partial charge in [-0.2, -0.15) is 5.10 Å². The van der Waals surface area contributed by atoms with E-state index in [-0.39, 0.29) is 23.8 Å². The van der Waals surface area contributed by atoms with Crippen molar-refractivity contribution in [1.29, 1.82) is 0 Å². The van der Waals surface area contributed by atoms with E-state index in [4.69, 9.17) is 0 Å². The Morgan fingerprint density at radius 1 is 1.21 bits per heavy atom. The van der Waals surface area contributed by atoms with Gasteiger partial charge in [0, 0.05) is 18.9 Å². The zero-order chi connectivity index (χ0) is 23.7. The van der Waals surface area contributed by atoms with E-state index >= 15 is 0 Å². The summed E-state index contributed by atoms with van der Waals surface area (Å²) in [4.78, 5) is 34.9. The lowest BCUT2D eigenvalue weighted by atomic mass is 10.2. The van der Waals surface area contributed by atoms with Gasteiger partial charge in [-0.3, -0.25) is 14.2 Å². The Kier molecular flexibility index (Phi) is 5.76. The minimum Gasteiger partial charge on any atom is -0.349 e. The summed E-state index contributed by atoms with van der Waals surface area (Å²) in [5.74, 6) is -0.570. The molecule has 4 aromatic heterocycles. The van der Waals surface area contributed by atoms with Crippen LogP contribution in [-0.4, -0.2) is 41.3 Å². The van der Waals surface area contributed by atoms with Crippen LogP contribution in [0.25, 0.3) is 16.2 Å². The van der Waals surface area contributed by atoms with Gasteiger partial charge in [-0.15, -0.1) is 0 Å². The summed E-state index contributed by atoms with van der Waals surface area (Å²) in [6, 6.07) is 9.88. The fraction of sp³-hybridized carbons (Fsp3) is 0.174. The SMILES string of the molecule is Cc1nc(-n2cccc2)sc1C(=O)NCCn1ncc2c(=O)n(Cc3cccc(F)c3)cnc21. The molecule has 34 heavy (non-hydrogen) atoms. The van der Waals surface area contributed by atoms with E-state index in [1.807, 2.05) is 29.1 Å². The maximum atomic E-state index is 13.4. The van der Waals surface area contributed by atoms with Crippen LogP contribution in [0.2, 0.25) is 0 Å². The molecule has 0 aliphatic heterocycles. The number of carbonyl (C=O) groups is 1. The van der Waals surface area contributed by atoms with Crippen molar-refractivity contribution in [3.63, 3.8) is 0 Å². The van der Waals surface area contributed by atoms with Gasteiger partial charge in [-0.1, -0.05) is 23.5 Å². The van der Waals surface area contributed by atoms with Crippen molar-refractivity contribution in [3.8, 4) is 5.13 Å². The third-order valence-corrected chi connectivity index (χ3v) is 6.46. The Labute approximate surface area is 197 Å². The molecule has 0 radical (unpaired) electrons. The summed E-state index contributed by atoms with van der Waals surface area (Å²) in [5, 5.41) is 8.23. The highest BCUT2D eigenvalue weighted by molar-refractivity contribution is 7.16. The van der Waals surface area contributed by atoms with Crippen LogP contribution in [0.4, 0.5) is 4.39 Å². The summed E-state index contributed by atoms with van der Waals surface area (Å²) in [6.07, 6.45) is 6.64. The maximum Gasteiger partial charge on any atom is 0.264 e. The van der Waals surface area contributed by atoms with Crippen molar-refractivity contribution in [3.05, 3.63) is 93.6 Å². The number of aryl methyl sites for hydroxylation is 1. The van der Waals surface area contributed by atoms with Crippen molar-refractivity contribution < 1.29 is 9.18 Å². The van der Waals surface area contributed by atoms with Crippen LogP contribution in [0.15, 0.2) is 66.1 Å². The van der Waals surface area contributed by atoms with E-state index in [0.717, 1.165) is 5.13 Å². The molecular weight excluding hydrogens is 457 g/mol. The highest BCUT2D eigenvalue weighted by Crippen LogP contribution is 2.21. The normalized spacial score (nSPS) is 11.2. The Balaban J connectivity index is 1.26. The van der Waals surface area contributed by atoms with Crippen LogP contribution >= 0.6 is 11.3 Å². The molecular formula is C23H20FN7O2S. The fourth-order valence-corrected chi connectivity index (χ4v) is 4.58. The standard InChI is InChI=1S/C23H20FN7O2S/c1-15-19(34-23(28-15)29-8-2-3-9-29)21(32)25-7-10-31-20-18(12-27-31)22(33)30(14-26-20)13-16-5-4-6-17(24)11-16/h2-6,8-9,11-12,14H,7,10,13H2,1H3,(H,25,32). The number of nitrogens with zero attached hydrogens (tertiary/aromatic N) is 6. The second kappa shape index (κ2) is 9.02. The molecule has 5 aromatic rings. The van der Waals surface area contributed by atoms with Gasteiger partial charge in [0.15, 0.2) is 10.8 Å². The third-order valence-electron chi connectivity index (χ3n) is 5.29. The molecule has 0 atom stereocenters. The Morgan fingerprint density at radius 3 is 2.82 bits per heavy atom. The van der Waals surface area contributed by atoms with Crippen molar-refractivity contribution in [2.75, 3.05) is 6.54 Å². The molecule has 0 bridgehead atoms. The summed E-state index contributed by atoms with van der Waals surface area (Å²) in [6.45, 7) is 2.66. The zero-order valence-corrected chi connectivity index (χ0v) is 19.0. The number of carbonyl (C=O) groups excluding carboxylic acids is 1. The minimum atomic E-state index is -0.357. The van der Waals surface area contributed by atoms with Crippen LogP contribution in [0.1, 0.15) is 20.9 Å². The average molecular weight is 478 g/mol. The molecule has 1 aromatic carbocycles. The number of halogens is 1. The summed E-state index contributed by atoms with van der Waals surface area (Å²) in [7, 11) is 0. The lowest BCUT2D eigenvalue weighted by Gasteiger charge is -2.07. The molecule has 11 heteroatoms. The monoisotopic (exact) mass is 477 g/mol. The molecule has 0 aliphatic rings. The first-order valence-corrected chi connectivity index (χ1v) is 11.4. The van der Waals surface area contributed by atoms with Crippen molar-refractivity contribution in [2.45, 2.75) is 20.0 Å². The van der Waals surface area contributed by atoms with Crippen LogP contribution in [0.5, 0.6) is 0 Å². The number of thiazole rings is 1. The van der Waals surface area contributed by atoms with Crippen LogP contribution in [0, 0.1) is 12.7 Å². The fourth-order valence-electron chi connectivity index (χ4n) is 3.63. The first kappa shape index (κ1) is 21.7. The number of hydrogen-bond acceptors (Lipinski definition) is 6. The molecule has 0 fully saturated rings. The molecule has 1 amide bonds. The predicted octanol–water partition coefficient (Wildman–Crippen LogP) is 2.77. The number of fused-ring (bicyclic) bond motifs is 1. The number of hydrogen-bond donors (Lipinski definition) is 1. The topological polar surface area (TPSA) is 99.6 Å². The Morgan fingerprint density at radius 2 is 2.03 bits per heavy atom. The van der Waals surface area contributed by atoms with Gasteiger partial charge in [-0.05, 0) is 36.8 Å². The zero-order valence-electron chi connectivity index (χ0n) is 18.2. The van der Waals surface area contributed by atoms with E-state index in [9.17, 15) is 14.0 Å². The quantitative estimate of drug-likeness (QED) is 0.389. The lowest BCUT2D eigenvalue weighted by Crippen LogP contribution is -2.27. The van der Waals surface area contributed by atoms with E-state index in [2.05, 4.69) is 20.4 Å². The highest BCUT2D eigenvalue weighted by atomic mass is 32.1. The summed E-state index contributed by atoms with van der Waals surface area (Å²) < 4.78 is 18.3. The van der Waals surface area contributed by atoms with Crippen LogP contribution in [0.3, 0.4) is 0 Å². The number of amides is 1. The number of benzene rings is 1. The summed E-state index contributed by atoms with van der Waals surface area (Å²) >= 11 is 1.32.